The Bertz CT molecular complexity index is 571. The molecule has 1 N–H and O–H groups in total. The third kappa shape index (κ3) is 3.85. The van der Waals surface area contributed by atoms with Gasteiger partial charge in [0.15, 0.2) is 0 Å². The van der Waals surface area contributed by atoms with Crippen molar-refractivity contribution in [1.82, 2.24) is 5.32 Å². The molecule has 2 rings (SSSR count). The van der Waals surface area contributed by atoms with Crippen LogP contribution in [0.25, 0.3) is 0 Å². The summed E-state index contributed by atoms with van der Waals surface area (Å²) in [5.41, 5.74) is 2.43. The summed E-state index contributed by atoms with van der Waals surface area (Å²) >= 11 is 8.86. The highest BCUT2D eigenvalue weighted by atomic mass is 79.9. The van der Waals surface area contributed by atoms with E-state index in [1.165, 1.54) is 11.1 Å². The van der Waals surface area contributed by atoms with Crippen molar-refractivity contribution in [2.24, 2.45) is 0 Å². The van der Waals surface area contributed by atoms with E-state index in [4.69, 9.17) is 4.74 Å². The molecule has 1 atom stereocenters. The minimum absolute atomic E-state index is 0.150. The second-order valence-electron chi connectivity index (χ2n) is 4.42. The molecule has 5 heteroatoms. The number of rotatable bonds is 6. The molecular weight excluding hydrogens is 402 g/mol. The normalized spacial score (nSPS) is 12.4. The highest BCUT2D eigenvalue weighted by Gasteiger charge is 2.18. The van der Waals surface area contributed by atoms with Gasteiger partial charge in [-0.1, -0.05) is 19.1 Å². The summed E-state index contributed by atoms with van der Waals surface area (Å²) in [6, 6.07) is 10.6. The van der Waals surface area contributed by atoms with Gasteiger partial charge in [0.2, 0.25) is 0 Å². The first-order chi connectivity index (χ1) is 9.65. The van der Waals surface area contributed by atoms with Crippen molar-refractivity contribution < 1.29 is 4.74 Å². The summed E-state index contributed by atoms with van der Waals surface area (Å²) in [6.45, 7) is 2.86. The predicted octanol–water partition coefficient (Wildman–Crippen LogP) is 5.37. The molecular formula is C15H17Br2NOS. The van der Waals surface area contributed by atoms with E-state index in [0.29, 0.717) is 0 Å². The summed E-state index contributed by atoms with van der Waals surface area (Å²) in [5.74, 6) is 0.926. The lowest BCUT2D eigenvalue weighted by Crippen LogP contribution is -2.17. The average molecular weight is 419 g/mol. The first-order valence-electron chi connectivity index (χ1n) is 6.50. The van der Waals surface area contributed by atoms with E-state index in [9.17, 15) is 0 Å². The van der Waals surface area contributed by atoms with Crippen LogP contribution < -0.4 is 10.1 Å². The van der Waals surface area contributed by atoms with Crippen LogP contribution in [-0.4, -0.2) is 13.7 Å². The lowest BCUT2D eigenvalue weighted by molar-refractivity contribution is 0.317. The van der Waals surface area contributed by atoms with E-state index in [0.717, 1.165) is 26.4 Å². The Morgan fingerprint density at radius 3 is 2.70 bits per heavy atom. The zero-order chi connectivity index (χ0) is 14.5. The number of hydrogen-bond donors (Lipinski definition) is 1. The smallest absolute Gasteiger partial charge is 0.119 e. The lowest BCUT2D eigenvalue weighted by atomic mass is 10.0. The molecule has 2 nitrogen and oxygen atoms in total. The van der Waals surface area contributed by atoms with Gasteiger partial charge in [-0.25, -0.2) is 0 Å². The molecule has 0 fully saturated rings. The van der Waals surface area contributed by atoms with Crippen LogP contribution in [-0.2, 0) is 0 Å². The number of thiophene rings is 1. The topological polar surface area (TPSA) is 21.3 Å². The Kier molecular flexibility index (Phi) is 6.08. The molecule has 1 unspecified atom stereocenters. The molecule has 108 valence electrons. The van der Waals surface area contributed by atoms with Gasteiger partial charge >= 0.3 is 0 Å². The Morgan fingerprint density at radius 1 is 1.30 bits per heavy atom. The van der Waals surface area contributed by atoms with Crippen molar-refractivity contribution in [1.29, 1.82) is 0 Å². The Morgan fingerprint density at radius 2 is 2.10 bits per heavy atom. The molecule has 0 saturated heterocycles. The average Bonchev–Trinajstić information content (AvgIpc) is 2.77. The van der Waals surface area contributed by atoms with Crippen LogP contribution >= 0.6 is 43.2 Å². The third-order valence-electron chi connectivity index (χ3n) is 2.95. The predicted molar refractivity (Wildman–Crippen MR) is 92.8 cm³/mol. The second-order valence-corrected chi connectivity index (χ2v) is 8.17. The molecule has 0 radical (unpaired) electrons. The SMILES string of the molecule is CCCOc1cccc(C(NC)c2cc(Br)sc2Br)c1. The zero-order valence-corrected chi connectivity index (χ0v) is 15.4. The van der Waals surface area contributed by atoms with E-state index in [1.54, 1.807) is 11.3 Å². The molecule has 0 amide bonds. The molecule has 2 aromatic rings. The van der Waals surface area contributed by atoms with Gasteiger partial charge in [-0.15, -0.1) is 11.3 Å². The lowest BCUT2D eigenvalue weighted by Gasteiger charge is -2.17. The van der Waals surface area contributed by atoms with Gasteiger partial charge in [0.05, 0.1) is 20.2 Å². The van der Waals surface area contributed by atoms with Crippen LogP contribution in [0.3, 0.4) is 0 Å². The van der Waals surface area contributed by atoms with E-state index >= 15 is 0 Å². The van der Waals surface area contributed by atoms with Crippen LogP contribution in [0, 0.1) is 0 Å². The van der Waals surface area contributed by atoms with Gasteiger partial charge < -0.3 is 10.1 Å². The molecule has 0 aliphatic heterocycles. The molecule has 0 saturated carbocycles. The van der Waals surface area contributed by atoms with Crippen LogP contribution in [0.15, 0.2) is 37.9 Å². The van der Waals surface area contributed by atoms with Crippen LogP contribution in [0.1, 0.15) is 30.5 Å². The van der Waals surface area contributed by atoms with Gasteiger partial charge in [0.25, 0.3) is 0 Å². The Balaban J connectivity index is 2.29. The second kappa shape index (κ2) is 7.59. The molecule has 0 aliphatic rings. The fourth-order valence-electron chi connectivity index (χ4n) is 2.06. The third-order valence-corrected chi connectivity index (χ3v) is 5.33. The van der Waals surface area contributed by atoms with Crippen molar-refractivity contribution in [3.63, 3.8) is 0 Å². The molecule has 0 spiro atoms. The van der Waals surface area contributed by atoms with Crippen molar-refractivity contribution in [2.45, 2.75) is 19.4 Å². The molecule has 20 heavy (non-hydrogen) atoms. The maximum Gasteiger partial charge on any atom is 0.119 e. The van der Waals surface area contributed by atoms with Gasteiger partial charge in [-0.2, -0.15) is 0 Å². The van der Waals surface area contributed by atoms with Crippen LogP contribution in [0.5, 0.6) is 5.75 Å². The van der Waals surface area contributed by atoms with Gasteiger partial charge in [0, 0.05) is 0 Å². The Hall–Kier alpha value is -0.360. The fourth-order valence-corrected chi connectivity index (χ4v) is 4.96. The van der Waals surface area contributed by atoms with Crippen molar-refractivity contribution in [3.05, 3.63) is 49.0 Å². The maximum absolute atomic E-state index is 5.72. The summed E-state index contributed by atoms with van der Waals surface area (Å²) < 4.78 is 7.98. The summed E-state index contributed by atoms with van der Waals surface area (Å²) in [5, 5.41) is 3.37. The standard InChI is InChI=1S/C15H17Br2NOS/c1-3-7-19-11-6-4-5-10(8-11)14(18-2)12-9-13(16)20-15(12)17/h4-6,8-9,14,18H,3,7H2,1-2H3. The molecule has 1 aromatic carbocycles. The largest absolute Gasteiger partial charge is 0.494 e. The summed E-state index contributed by atoms with van der Waals surface area (Å²) in [6.07, 6.45) is 1.02. The first-order valence-corrected chi connectivity index (χ1v) is 8.90. The zero-order valence-electron chi connectivity index (χ0n) is 11.5. The Labute approximate surface area is 140 Å². The van der Waals surface area contributed by atoms with Gasteiger partial charge in [0.1, 0.15) is 5.75 Å². The minimum atomic E-state index is 0.150. The van der Waals surface area contributed by atoms with Gasteiger partial charge in [-0.05, 0) is 74.7 Å². The van der Waals surface area contributed by atoms with Crippen molar-refractivity contribution in [2.75, 3.05) is 13.7 Å². The number of benzene rings is 1. The van der Waals surface area contributed by atoms with E-state index in [-0.39, 0.29) is 6.04 Å². The highest BCUT2D eigenvalue weighted by molar-refractivity contribution is 9.12. The van der Waals surface area contributed by atoms with E-state index in [2.05, 4.69) is 62.3 Å². The summed E-state index contributed by atoms with van der Waals surface area (Å²) in [4.78, 5) is 0. The minimum Gasteiger partial charge on any atom is -0.494 e. The number of nitrogens with one attached hydrogen (secondary N) is 1. The van der Waals surface area contributed by atoms with E-state index in [1.807, 2.05) is 19.2 Å². The highest BCUT2D eigenvalue weighted by Crippen LogP contribution is 2.38. The molecule has 1 heterocycles. The molecule has 1 aromatic heterocycles. The number of halogens is 2. The van der Waals surface area contributed by atoms with Crippen molar-refractivity contribution >= 4 is 43.2 Å². The maximum atomic E-state index is 5.72. The monoisotopic (exact) mass is 417 g/mol. The van der Waals surface area contributed by atoms with Crippen LogP contribution in [0.4, 0.5) is 0 Å². The van der Waals surface area contributed by atoms with Crippen LogP contribution in [0.2, 0.25) is 0 Å². The number of hydrogen-bond acceptors (Lipinski definition) is 3. The van der Waals surface area contributed by atoms with Gasteiger partial charge in [-0.3, -0.25) is 0 Å². The quantitative estimate of drug-likeness (QED) is 0.680. The summed E-state index contributed by atoms with van der Waals surface area (Å²) in [7, 11) is 1.97. The first kappa shape index (κ1) is 16.0. The fraction of sp³-hybridized carbons (Fsp3) is 0.333. The molecule has 0 aliphatic carbocycles. The van der Waals surface area contributed by atoms with E-state index < -0.39 is 0 Å². The van der Waals surface area contributed by atoms with Crippen molar-refractivity contribution in [3.8, 4) is 5.75 Å². The molecule has 0 bridgehead atoms. The number of ether oxygens (including phenoxy) is 1.